The van der Waals surface area contributed by atoms with Crippen LogP contribution in [0, 0.1) is 11.3 Å². The zero-order valence-electron chi connectivity index (χ0n) is 10.8. The molecule has 1 heterocycles. The lowest BCUT2D eigenvalue weighted by Gasteiger charge is -2.19. The topological polar surface area (TPSA) is 44.1 Å². The molecule has 1 atom stereocenters. The maximum absolute atomic E-state index is 12.0. The number of benzene rings is 1. The van der Waals surface area contributed by atoms with Crippen molar-refractivity contribution in [3.63, 3.8) is 0 Å². The molecule has 0 saturated carbocycles. The Labute approximate surface area is 118 Å². The van der Waals surface area contributed by atoms with Gasteiger partial charge in [-0.1, -0.05) is 23.7 Å². The first-order valence-electron chi connectivity index (χ1n) is 6.64. The Hall–Kier alpha value is -1.53. The van der Waals surface area contributed by atoms with Gasteiger partial charge in [0.25, 0.3) is 0 Å². The second-order valence-corrected chi connectivity index (χ2v) is 5.29. The van der Waals surface area contributed by atoms with E-state index in [1.807, 2.05) is 24.3 Å². The summed E-state index contributed by atoms with van der Waals surface area (Å²) in [4.78, 5) is 13.7. The van der Waals surface area contributed by atoms with E-state index in [4.69, 9.17) is 16.9 Å². The van der Waals surface area contributed by atoms with Crippen LogP contribution in [-0.2, 0) is 11.2 Å². The van der Waals surface area contributed by atoms with Gasteiger partial charge in [-0.15, -0.1) is 0 Å². The second-order valence-electron chi connectivity index (χ2n) is 4.86. The normalized spacial score (nSPS) is 18.3. The van der Waals surface area contributed by atoms with E-state index in [1.165, 1.54) is 0 Å². The Morgan fingerprint density at radius 3 is 3.11 bits per heavy atom. The minimum atomic E-state index is -0.210. The van der Waals surface area contributed by atoms with Crippen LogP contribution in [0.2, 0.25) is 5.02 Å². The molecule has 0 spiro atoms. The average Bonchev–Trinajstić information content (AvgIpc) is 2.87. The number of rotatable bonds is 4. The Bertz CT molecular complexity index is 495. The fraction of sp³-hybridized carbons (Fsp3) is 0.467. The highest BCUT2D eigenvalue weighted by molar-refractivity contribution is 6.30. The number of likely N-dealkylation sites (tertiary alicyclic amines) is 1. The smallest absolute Gasteiger partial charge is 0.223 e. The van der Waals surface area contributed by atoms with Crippen LogP contribution in [-0.4, -0.2) is 23.4 Å². The zero-order valence-corrected chi connectivity index (χ0v) is 11.6. The quantitative estimate of drug-likeness (QED) is 0.848. The fourth-order valence-electron chi connectivity index (χ4n) is 2.48. The van der Waals surface area contributed by atoms with Gasteiger partial charge in [0.2, 0.25) is 5.91 Å². The summed E-state index contributed by atoms with van der Waals surface area (Å²) < 4.78 is 0. The summed E-state index contributed by atoms with van der Waals surface area (Å²) in [5.74, 6) is 0.103. The van der Waals surface area contributed by atoms with Crippen LogP contribution in [0.5, 0.6) is 0 Å². The summed E-state index contributed by atoms with van der Waals surface area (Å²) in [5, 5.41) is 9.69. The van der Waals surface area contributed by atoms with Gasteiger partial charge >= 0.3 is 0 Å². The van der Waals surface area contributed by atoms with Crippen molar-refractivity contribution in [2.45, 2.75) is 38.1 Å². The van der Waals surface area contributed by atoms with Crippen LogP contribution in [0.3, 0.4) is 0 Å². The van der Waals surface area contributed by atoms with E-state index in [9.17, 15) is 4.79 Å². The number of amides is 1. The first kappa shape index (κ1) is 13.9. The van der Waals surface area contributed by atoms with E-state index in [-0.39, 0.29) is 11.9 Å². The summed E-state index contributed by atoms with van der Waals surface area (Å²) in [5.41, 5.74) is 1.15. The van der Waals surface area contributed by atoms with Gasteiger partial charge in [-0.3, -0.25) is 4.79 Å². The predicted molar refractivity (Wildman–Crippen MR) is 74.7 cm³/mol. The molecule has 3 nitrogen and oxygen atoms in total. The minimum Gasteiger partial charge on any atom is -0.327 e. The van der Waals surface area contributed by atoms with Crippen LogP contribution in [0.4, 0.5) is 0 Å². The van der Waals surface area contributed by atoms with Gasteiger partial charge in [-0.2, -0.15) is 5.26 Å². The summed E-state index contributed by atoms with van der Waals surface area (Å²) in [7, 11) is 0. The van der Waals surface area contributed by atoms with Gasteiger partial charge in [0, 0.05) is 18.0 Å². The monoisotopic (exact) mass is 276 g/mol. The maximum atomic E-state index is 12.0. The summed E-state index contributed by atoms with van der Waals surface area (Å²) in [6, 6.07) is 9.70. The number of nitriles is 1. The number of hydrogen-bond donors (Lipinski definition) is 0. The molecule has 0 aromatic heterocycles. The predicted octanol–water partition coefficient (Wildman–Crippen LogP) is 3.18. The Morgan fingerprint density at radius 2 is 2.37 bits per heavy atom. The Kier molecular flexibility index (Phi) is 4.81. The standard InChI is InChI=1S/C15H17ClN2O/c16-13-6-1-4-12(10-13)5-2-8-15(19)18-9-3-7-14(18)11-17/h1,4,6,10,14H,2-3,5,7-9H2. The van der Waals surface area contributed by atoms with Gasteiger partial charge in [0.1, 0.15) is 6.04 Å². The van der Waals surface area contributed by atoms with Gasteiger partial charge in [-0.25, -0.2) is 0 Å². The Morgan fingerprint density at radius 1 is 1.53 bits per heavy atom. The van der Waals surface area contributed by atoms with E-state index >= 15 is 0 Å². The molecule has 0 aliphatic carbocycles. The average molecular weight is 277 g/mol. The number of hydrogen-bond acceptors (Lipinski definition) is 2. The zero-order chi connectivity index (χ0) is 13.7. The SMILES string of the molecule is N#CC1CCCN1C(=O)CCCc1cccc(Cl)c1. The van der Waals surface area contributed by atoms with E-state index in [2.05, 4.69) is 6.07 Å². The minimum absolute atomic E-state index is 0.103. The van der Waals surface area contributed by atoms with Crippen molar-refractivity contribution >= 4 is 17.5 Å². The maximum Gasteiger partial charge on any atom is 0.223 e. The molecule has 0 N–H and O–H groups in total. The van der Waals surface area contributed by atoms with Gasteiger partial charge in [-0.05, 0) is 43.4 Å². The highest BCUT2D eigenvalue weighted by Crippen LogP contribution is 2.19. The van der Waals surface area contributed by atoms with Gasteiger partial charge < -0.3 is 4.90 Å². The summed E-state index contributed by atoms with van der Waals surface area (Å²) >= 11 is 5.92. The van der Waals surface area contributed by atoms with Crippen LogP contribution in [0.1, 0.15) is 31.2 Å². The van der Waals surface area contributed by atoms with E-state index in [0.717, 1.165) is 42.8 Å². The van der Waals surface area contributed by atoms with E-state index in [0.29, 0.717) is 6.42 Å². The molecule has 1 fully saturated rings. The van der Waals surface area contributed by atoms with Crippen molar-refractivity contribution in [3.05, 3.63) is 34.9 Å². The largest absolute Gasteiger partial charge is 0.327 e. The lowest BCUT2D eigenvalue weighted by Crippen LogP contribution is -2.34. The van der Waals surface area contributed by atoms with E-state index < -0.39 is 0 Å². The number of aryl methyl sites for hydroxylation is 1. The van der Waals surface area contributed by atoms with Crippen molar-refractivity contribution in [2.75, 3.05) is 6.54 Å². The van der Waals surface area contributed by atoms with Crippen LogP contribution in [0.25, 0.3) is 0 Å². The molecule has 1 aromatic rings. The van der Waals surface area contributed by atoms with Crippen LogP contribution < -0.4 is 0 Å². The third-order valence-electron chi connectivity index (χ3n) is 3.47. The molecule has 100 valence electrons. The fourth-order valence-corrected chi connectivity index (χ4v) is 2.69. The van der Waals surface area contributed by atoms with Crippen molar-refractivity contribution in [1.29, 1.82) is 5.26 Å². The first-order valence-corrected chi connectivity index (χ1v) is 7.02. The molecular weight excluding hydrogens is 260 g/mol. The molecule has 1 aromatic carbocycles. The molecular formula is C15H17ClN2O. The summed E-state index contributed by atoms with van der Waals surface area (Å²) in [6.07, 6.45) is 3.91. The molecule has 1 amide bonds. The third kappa shape index (κ3) is 3.71. The van der Waals surface area contributed by atoms with Crippen molar-refractivity contribution < 1.29 is 4.79 Å². The number of nitrogens with zero attached hydrogens (tertiary/aromatic N) is 2. The molecule has 1 saturated heterocycles. The second kappa shape index (κ2) is 6.58. The third-order valence-corrected chi connectivity index (χ3v) is 3.70. The molecule has 4 heteroatoms. The number of carbonyl (C=O) groups excluding carboxylic acids is 1. The lowest BCUT2D eigenvalue weighted by atomic mass is 10.1. The number of carbonyl (C=O) groups is 1. The molecule has 19 heavy (non-hydrogen) atoms. The van der Waals surface area contributed by atoms with Crippen LogP contribution in [0.15, 0.2) is 24.3 Å². The highest BCUT2D eigenvalue weighted by Gasteiger charge is 2.27. The molecule has 0 bridgehead atoms. The van der Waals surface area contributed by atoms with Gasteiger partial charge in [0.05, 0.1) is 6.07 Å². The van der Waals surface area contributed by atoms with Crippen molar-refractivity contribution in [1.82, 2.24) is 4.90 Å². The summed E-state index contributed by atoms with van der Waals surface area (Å²) in [6.45, 7) is 0.730. The van der Waals surface area contributed by atoms with Crippen molar-refractivity contribution in [2.24, 2.45) is 0 Å². The van der Waals surface area contributed by atoms with Crippen molar-refractivity contribution in [3.8, 4) is 6.07 Å². The number of halogens is 1. The first-order chi connectivity index (χ1) is 9.20. The molecule has 0 radical (unpaired) electrons. The molecule has 1 unspecified atom stereocenters. The van der Waals surface area contributed by atoms with E-state index in [1.54, 1.807) is 4.90 Å². The highest BCUT2D eigenvalue weighted by atomic mass is 35.5. The van der Waals surface area contributed by atoms with Gasteiger partial charge in [0.15, 0.2) is 0 Å². The molecule has 2 rings (SSSR count). The Balaban J connectivity index is 1.80. The lowest BCUT2D eigenvalue weighted by molar-refractivity contribution is -0.131. The van der Waals surface area contributed by atoms with Crippen LogP contribution >= 0.6 is 11.6 Å². The molecule has 1 aliphatic rings. The molecule has 1 aliphatic heterocycles.